The third-order valence-corrected chi connectivity index (χ3v) is 3.26. The van der Waals surface area contributed by atoms with E-state index in [-0.39, 0.29) is 11.9 Å². The maximum Gasteiger partial charge on any atom is 0.234 e. The molecule has 0 aromatic rings. The molecule has 1 aliphatic rings. The number of nitrogens with two attached hydrogens (primary N) is 1. The largest absolute Gasteiger partial charge is 0.368 e. The minimum atomic E-state index is -0.222. The third kappa shape index (κ3) is 3.80. The van der Waals surface area contributed by atoms with Gasteiger partial charge in [-0.05, 0) is 45.3 Å². The SMILES string of the molecule is CCN(CC1CCCNC1)C(C)C(N)=O. The number of hydrogen-bond acceptors (Lipinski definition) is 3. The molecule has 1 fully saturated rings. The van der Waals surface area contributed by atoms with Crippen LogP contribution in [0.5, 0.6) is 0 Å². The first-order valence-corrected chi connectivity index (χ1v) is 5.89. The lowest BCUT2D eigenvalue weighted by molar-refractivity contribution is -0.122. The molecule has 4 heteroatoms. The highest BCUT2D eigenvalue weighted by molar-refractivity contribution is 5.79. The van der Waals surface area contributed by atoms with E-state index in [0.717, 1.165) is 26.2 Å². The third-order valence-electron chi connectivity index (χ3n) is 3.26. The Bertz CT molecular complexity index is 202. The second kappa shape index (κ2) is 6.08. The van der Waals surface area contributed by atoms with Crippen molar-refractivity contribution < 1.29 is 4.79 Å². The van der Waals surface area contributed by atoms with Crippen LogP contribution in [-0.2, 0) is 4.79 Å². The first-order valence-electron chi connectivity index (χ1n) is 5.89. The van der Waals surface area contributed by atoms with E-state index in [4.69, 9.17) is 5.73 Å². The summed E-state index contributed by atoms with van der Waals surface area (Å²) in [4.78, 5) is 13.3. The van der Waals surface area contributed by atoms with Gasteiger partial charge in [-0.15, -0.1) is 0 Å². The second-order valence-corrected chi connectivity index (χ2v) is 4.38. The summed E-state index contributed by atoms with van der Waals surface area (Å²) in [5.74, 6) is 0.445. The molecule has 0 aliphatic carbocycles. The molecule has 3 N–H and O–H groups in total. The van der Waals surface area contributed by atoms with Crippen LogP contribution in [0.2, 0.25) is 0 Å². The molecule has 1 aliphatic heterocycles. The van der Waals surface area contributed by atoms with Gasteiger partial charge in [-0.1, -0.05) is 6.92 Å². The summed E-state index contributed by atoms with van der Waals surface area (Å²) < 4.78 is 0. The van der Waals surface area contributed by atoms with E-state index >= 15 is 0 Å². The Hall–Kier alpha value is -0.610. The van der Waals surface area contributed by atoms with Gasteiger partial charge in [-0.25, -0.2) is 0 Å². The van der Waals surface area contributed by atoms with Crippen LogP contribution in [0, 0.1) is 5.92 Å². The van der Waals surface area contributed by atoms with Crippen molar-refractivity contribution >= 4 is 5.91 Å². The van der Waals surface area contributed by atoms with Gasteiger partial charge in [-0.3, -0.25) is 9.69 Å². The molecule has 15 heavy (non-hydrogen) atoms. The lowest BCUT2D eigenvalue weighted by atomic mass is 9.98. The minimum Gasteiger partial charge on any atom is -0.368 e. The topological polar surface area (TPSA) is 58.4 Å². The Morgan fingerprint density at radius 2 is 2.40 bits per heavy atom. The van der Waals surface area contributed by atoms with Gasteiger partial charge in [-0.2, -0.15) is 0 Å². The van der Waals surface area contributed by atoms with Crippen LogP contribution in [0.3, 0.4) is 0 Å². The normalized spacial score (nSPS) is 24.1. The number of hydrogen-bond donors (Lipinski definition) is 2. The first-order chi connectivity index (χ1) is 7.15. The summed E-state index contributed by atoms with van der Waals surface area (Å²) in [5, 5.41) is 3.39. The molecule has 0 radical (unpaired) electrons. The first kappa shape index (κ1) is 12.5. The predicted molar refractivity (Wildman–Crippen MR) is 61.5 cm³/mol. The van der Waals surface area contributed by atoms with Crippen LogP contribution in [0.1, 0.15) is 26.7 Å². The van der Waals surface area contributed by atoms with E-state index in [9.17, 15) is 4.79 Å². The maximum absolute atomic E-state index is 11.1. The molecule has 1 saturated heterocycles. The molecular weight excluding hydrogens is 190 g/mol. The van der Waals surface area contributed by atoms with E-state index in [1.165, 1.54) is 12.8 Å². The van der Waals surface area contributed by atoms with Gasteiger partial charge < -0.3 is 11.1 Å². The molecule has 88 valence electrons. The number of primary amides is 1. The van der Waals surface area contributed by atoms with Crippen LogP contribution in [0.15, 0.2) is 0 Å². The number of nitrogens with zero attached hydrogens (tertiary/aromatic N) is 1. The average Bonchev–Trinajstić information content (AvgIpc) is 2.26. The summed E-state index contributed by atoms with van der Waals surface area (Å²) in [5.41, 5.74) is 5.32. The van der Waals surface area contributed by atoms with Gasteiger partial charge in [0, 0.05) is 6.54 Å². The van der Waals surface area contributed by atoms with E-state index in [2.05, 4.69) is 17.1 Å². The Balaban J connectivity index is 2.41. The van der Waals surface area contributed by atoms with Crippen LogP contribution in [0.25, 0.3) is 0 Å². The number of nitrogens with one attached hydrogen (secondary N) is 1. The monoisotopic (exact) mass is 213 g/mol. The highest BCUT2D eigenvalue weighted by Gasteiger charge is 2.22. The molecule has 0 saturated carbocycles. The summed E-state index contributed by atoms with van der Waals surface area (Å²) in [6.45, 7) is 8.04. The van der Waals surface area contributed by atoms with Gasteiger partial charge >= 0.3 is 0 Å². The fourth-order valence-corrected chi connectivity index (χ4v) is 2.15. The Kier molecular flexibility index (Phi) is 5.05. The average molecular weight is 213 g/mol. The molecule has 1 rings (SSSR count). The van der Waals surface area contributed by atoms with Gasteiger partial charge in [0.1, 0.15) is 0 Å². The highest BCUT2D eigenvalue weighted by atomic mass is 16.1. The number of likely N-dealkylation sites (N-methyl/N-ethyl adjacent to an activating group) is 1. The molecule has 0 aromatic heterocycles. The standard InChI is InChI=1S/C11H23N3O/c1-3-14(9(2)11(12)15)8-10-5-4-6-13-7-10/h9-10,13H,3-8H2,1-2H3,(H2,12,15). The zero-order chi connectivity index (χ0) is 11.3. The number of amides is 1. The lowest BCUT2D eigenvalue weighted by Crippen LogP contribution is -2.47. The molecule has 0 spiro atoms. The predicted octanol–water partition coefficient (Wildman–Crippen LogP) is 0.182. The summed E-state index contributed by atoms with van der Waals surface area (Å²) >= 11 is 0. The number of rotatable bonds is 5. The van der Waals surface area contributed by atoms with Crippen molar-refractivity contribution in [1.82, 2.24) is 10.2 Å². The summed E-state index contributed by atoms with van der Waals surface area (Å²) in [6, 6.07) is -0.142. The zero-order valence-corrected chi connectivity index (χ0v) is 9.83. The quantitative estimate of drug-likeness (QED) is 0.685. The van der Waals surface area contributed by atoms with Crippen molar-refractivity contribution in [1.29, 1.82) is 0 Å². The minimum absolute atomic E-state index is 0.142. The maximum atomic E-state index is 11.1. The van der Waals surface area contributed by atoms with Crippen LogP contribution in [-0.4, -0.2) is 43.0 Å². The molecule has 4 nitrogen and oxygen atoms in total. The van der Waals surface area contributed by atoms with E-state index in [0.29, 0.717) is 5.92 Å². The fraction of sp³-hybridized carbons (Fsp3) is 0.909. The van der Waals surface area contributed by atoms with E-state index < -0.39 is 0 Å². The highest BCUT2D eigenvalue weighted by Crippen LogP contribution is 2.13. The molecule has 1 heterocycles. The van der Waals surface area contributed by atoms with Crippen LogP contribution < -0.4 is 11.1 Å². The Morgan fingerprint density at radius 1 is 1.67 bits per heavy atom. The summed E-state index contributed by atoms with van der Waals surface area (Å²) in [7, 11) is 0. The smallest absolute Gasteiger partial charge is 0.234 e. The Morgan fingerprint density at radius 3 is 2.87 bits per heavy atom. The molecular formula is C11H23N3O. The van der Waals surface area contributed by atoms with Gasteiger partial charge in [0.15, 0.2) is 0 Å². The van der Waals surface area contributed by atoms with Crippen molar-refractivity contribution in [3.8, 4) is 0 Å². The van der Waals surface area contributed by atoms with Crippen molar-refractivity contribution in [3.05, 3.63) is 0 Å². The molecule has 0 bridgehead atoms. The van der Waals surface area contributed by atoms with E-state index in [1.807, 2.05) is 6.92 Å². The summed E-state index contributed by atoms with van der Waals surface area (Å²) in [6.07, 6.45) is 2.50. The van der Waals surface area contributed by atoms with Crippen molar-refractivity contribution in [2.75, 3.05) is 26.2 Å². The van der Waals surface area contributed by atoms with Crippen molar-refractivity contribution in [3.63, 3.8) is 0 Å². The fourth-order valence-electron chi connectivity index (χ4n) is 2.15. The second-order valence-electron chi connectivity index (χ2n) is 4.38. The van der Waals surface area contributed by atoms with Gasteiger partial charge in [0.05, 0.1) is 6.04 Å². The van der Waals surface area contributed by atoms with Gasteiger partial charge in [0.2, 0.25) is 5.91 Å². The molecule has 2 unspecified atom stereocenters. The van der Waals surface area contributed by atoms with Gasteiger partial charge in [0.25, 0.3) is 0 Å². The molecule has 0 aromatic carbocycles. The van der Waals surface area contributed by atoms with E-state index in [1.54, 1.807) is 0 Å². The zero-order valence-electron chi connectivity index (χ0n) is 9.83. The molecule has 1 amide bonds. The number of carbonyl (C=O) groups excluding carboxylic acids is 1. The van der Waals surface area contributed by atoms with Crippen LogP contribution >= 0.6 is 0 Å². The lowest BCUT2D eigenvalue weighted by Gasteiger charge is -2.32. The van der Waals surface area contributed by atoms with Crippen molar-refractivity contribution in [2.45, 2.75) is 32.7 Å². The number of piperidine rings is 1. The van der Waals surface area contributed by atoms with Crippen LogP contribution in [0.4, 0.5) is 0 Å². The number of carbonyl (C=O) groups is 1. The molecule has 2 atom stereocenters. The Labute approximate surface area is 92.2 Å². The van der Waals surface area contributed by atoms with Crippen molar-refractivity contribution in [2.24, 2.45) is 11.7 Å².